The zero-order valence-electron chi connectivity index (χ0n) is 12.1. The van der Waals surface area contributed by atoms with Gasteiger partial charge in [-0.1, -0.05) is 0 Å². The predicted octanol–water partition coefficient (Wildman–Crippen LogP) is 3.62. The lowest BCUT2D eigenvalue weighted by Crippen LogP contribution is -2.32. The van der Waals surface area contributed by atoms with Crippen molar-refractivity contribution in [3.8, 4) is 0 Å². The Balaban J connectivity index is 2.13. The van der Waals surface area contributed by atoms with Crippen LogP contribution in [0.3, 0.4) is 0 Å². The van der Waals surface area contributed by atoms with Crippen LogP contribution in [0.1, 0.15) is 36.7 Å². The third kappa shape index (κ3) is 3.95. The monoisotopic (exact) mass is 307 g/mol. The van der Waals surface area contributed by atoms with E-state index in [0.29, 0.717) is 6.54 Å². The molecule has 1 aromatic carbocycles. The summed E-state index contributed by atoms with van der Waals surface area (Å²) in [4.78, 5) is 22.7. The average Bonchev–Trinajstić information content (AvgIpc) is 2.76. The number of carboxylic acids is 1. The zero-order valence-corrected chi connectivity index (χ0v) is 12.9. The minimum Gasteiger partial charge on any atom is -0.478 e. The van der Waals surface area contributed by atoms with E-state index in [2.05, 4.69) is 5.32 Å². The fourth-order valence-electron chi connectivity index (χ4n) is 1.83. The first-order valence-electron chi connectivity index (χ1n) is 6.46. The second kappa shape index (κ2) is 5.73. The highest BCUT2D eigenvalue weighted by atomic mass is 32.1. The van der Waals surface area contributed by atoms with Crippen molar-refractivity contribution >= 4 is 33.5 Å². The topological polar surface area (TPSA) is 75.6 Å². The van der Waals surface area contributed by atoms with Crippen LogP contribution in [0, 0.1) is 0 Å². The SMILES string of the molecule is CC(C)(C)OC(=O)NCc1csc2ccc(C(=O)O)cc12. The molecule has 6 heteroatoms. The molecular weight excluding hydrogens is 290 g/mol. The molecule has 2 N–H and O–H groups in total. The molecule has 112 valence electrons. The molecule has 1 heterocycles. The quantitative estimate of drug-likeness (QED) is 0.908. The number of alkyl carbamates (subject to hydrolysis) is 1. The fraction of sp³-hybridized carbons (Fsp3) is 0.333. The Morgan fingerprint density at radius 2 is 2.05 bits per heavy atom. The minimum atomic E-state index is -0.964. The van der Waals surface area contributed by atoms with E-state index in [-0.39, 0.29) is 5.56 Å². The molecule has 0 atom stereocenters. The summed E-state index contributed by atoms with van der Waals surface area (Å²) in [6, 6.07) is 4.98. The number of aromatic carboxylic acids is 1. The van der Waals surface area contributed by atoms with Crippen molar-refractivity contribution in [1.82, 2.24) is 5.32 Å². The summed E-state index contributed by atoms with van der Waals surface area (Å²) < 4.78 is 6.16. The van der Waals surface area contributed by atoms with Crippen LogP contribution in [0.4, 0.5) is 4.79 Å². The highest BCUT2D eigenvalue weighted by molar-refractivity contribution is 7.17. The van der Waals surface area contributed by atoms with E-state index >= 15 is 0 Å². The van der Waals surface area contributed by atoms with Crippen molar-refractivity contribution in [2.24, 2.45) is 0 Å². The lowest BCUT2D eigenvalue weighted by Gasteiger charge is -2.19. The zero-order chi connectivity index (χ0) is 15.6. The van der Waals surface area contributed by atoms with Crippen LogP contribution >= 0.6 is 11.3 Å². The molecular formula is C15H17NO4S. The van der Waals surface area contributed by atoms with Crippen molar-refractivity contribution in [3.05, 3.63) is 34.7 Å². The van der Waals surface area contributed by atoms with E-state index in [1.165, 1.54) is 11.3 Å². The Morgan fingerprint density at radius 3 is 2.67 bits per heavy atom. The van der Waals surface area contributed by atoms with Gasteiger partial charge in [-0.25, -0.2) is 9.59 Å². The minimum absolute atomic E-state index is 0.236. The highest BCUT2D eigenvalue weighted by Gasteiger charge is 2.16. The number of amides is 1. The summed E-state index contributed by atoms with van der Waals surface area (Å²) in [6.07, 6.45) is -0.490. The summed E-state index contributed by atoms with van der Waals surface area (Å²) in [5.74, 6) is -0.964. The molecule has 0 aliphatic heterocycles. The molecule has 0 saturated carbocycles. The van der Waals surface area contributed by atoms with Gasteiger partial charge in [-0.15, -0.1) is 11.3 Å². The number of thiophene rings is 1. The van der Waals surface area contributed by atoms with Gasteiger partial charge in [0.2, 0.25) is 0 Å². The predicted molar refractivity (Wildman–Crippen MR) is 81.9 cm³/mol. The van der Waals surface area contributed by atoms with E-state index < -0.39 is 17.7 Å². The number of nitrogens with one attached hydrogen (secondary N) is 1. The molecule has 0 spiro atoms. The number of hydrogen-bond acceptors (Lipinski definition) is 4. The maximum absolute atomic E-state index is 11.6. The smallest absolute Gasteiger partial charge is 0.407 e. The van der Waals surface area contributed by atoms with Crippen LogP contribution in [-0.2, 0) is 11.3 Å². The Bertz CT molecular complexity index is 685. The van der Waals surface area contributed by atoms with Crippen molar-refractivity contribution in [2.75, 3.05) is 0 Å². The number of rotatable bonds is 3. The molecule has 0 saturated heterocycles. The average molecular weight is 307 g/mol. The molecule has 1 aromatic heterocycles. The summed E-state index contributed by atoms with van der Waals surface area (Å²) in [7, 11) is 0. The Labute approximate surface area is 126 Å². The molecule has 2 rings (SSSR count). The van der Waals surface area contributed by atoms with Gasteiger partial charge in [-0.05, 0) is 55.3 Å². The summed E-state index contributed by atoms with van der Waals surface area (Å²) in [6.45, 7) is 5.70. The van der Waals surface area contributed by atoms with E-state index in [1.807, 2.05) is 5.38 Å². The van der Waals surface area contributed by atoms with E-state index in [4.69, 9.17) is 9.84 Å². The molecule has 0 radical (unpaired) electrons. The normalized spacial score (nSPS) is 11.4. The second-order valence-electron chi connectivity index (χ2n) is 5.63. The maximum atomic E-state index is 11.6. The lowest BCUT2D eigenvalue weighted by molar-refractivity contribution is 0.0523. The van der Waals surface area contributed by atoms with Gasteiger partial charge in [0.15, 0.2) is 0 Å². The van der Waals surface area contributed by atoms with Gasteiger partial charge in [0, 0.05) is 11.2 Å². The van der Waals surface area contributed by atoms with Gasteiger partial charge in [0.1, 0.15) is 5.60 Å². The molecule has 0 unspecified atom stereocenters. The van der Waals surface area contributed by atoms with Crippen molar-refractivity contribution < 1.29 is 19.4 Å². The van der Waals surface area contributed by atoms with Gasteiger partial charge in [-0.3, -0.25) is 0 Å². The van der Waals surface area contributed by atoms with E-state index in [1.54, 1.807) is 39.0 Å². The van der Waals surface area contributed by atoms with Crippen LogP contribution in [0.5, 0.6) is 0 Å². The number of carboxylic acid groups (broad SMARTS) is 1. The number of fused-ring (bicyclic) bond motifs is 1. The highest BCUT2D eigenvalue weighted by Crippen LogP contribution is 2.27. The third-order valence-corrected chi connectivity index (χ3v) is 3.73. The maximum Gasteiger partial charge on any atom is 0.407 e. The Hall–Kier alpha value is -2.08. The summed E-state index contributed by atoms with van der Waals surface area (Å²) >= 11 is 1.51. The molecule has 0 aliphatic carbocycles. The first-order valence-corrected chi connectivity index (χ1v) is 7.34. The van der Waals surface area contributed by atoms with Crippen LogP contribution in [0.2, 0.25) is 0 Å². The van der Waals surface area contributed by atoms with Gasteiger partial charge >= 0.3 is 12.1 Å². The van der Waals surface area contributed by atoms with Crippen molar-refractivity contribution in [2.45, 2.75) is 32.9 Å². The number of carbonyl (C=O) groups is 2. The van der Waals surface area contributed by atoms with Crippen LogP contribution < -0.4 is 5.32 Å². The number of carbonyl (C=O) groups excluding carboxylic acids is 1. The van der Waals surface area contributed by atoms with Crippen molar-refractivity contribution in [1.29, 1.82) is 0 Å². The van der Waals surface area contributed by atoms with Crippen LogP contribution in [0.25, 0.3) is 10.1 Å². The molecule has 2 aromatic rings. The third-order valence-electron chi connectivity index (χ3n) is 2.72. The molecule has 1 amide bonds. The summed E-state index contributed by atoms with van der Waals surface area (Å²) in [5.41, 5.74) is 0.570. The Kier molecular flexibility index (Phi) is 4.18. The van der Waals surface area contributed by atoms with Gasteiger partial charge < -0.3 is 15.2 Å². The second-order valence-corrected chi connectivity index (χ2v) is 6.54. The largest absolute Gasteiger partial charge is 0.478 e. The number of benzene rings is 1. The molecule has 21 heavy (non-hydrogen) atoms. The van der Waals surface area contributed by atoms with Crippen molar-refractivity contribution in [3.63, 3.8) is 0 Å². The number of ether oxygens (including phenoxy) is 1. The fourth-order valence-corrected chi connectivity index (χ4v) is 2.78. The van der Waals surface area contributed by atoms with Gasteiger partial charge in [0.25, 0.3) is 0 Å². The number of hydrogen-bond donors (Lipinski definition) is 2. The molecule has 5 nitrogen and oxygen atoms in total. The lowest BCUT2D eigenvalue weighted by atomic mass is 10.1. The Morgan fingerprint density at radius 1 is 1.33 bits per heavy atom. The first kappa shape index (κ1) is 15.3. The van der Waals surface area contributed by atoms with E-state index in [0.717, 1.165) is 15.6 Å². The van der Waals surface area contributed by atoms with E-state index in [9.17, 15) is 9.59 Å². The molecule has 0 fully saturated rings. The molecule has 0 bridgehead atoms. The summed E-state index contributed by atoms with van der Waals surface area (Å²) in [5, 5.41) is 14.5. The van der Waals surface area contributed by atoms with Crippen LogP contribution in [-0.4, -0.2) is 22.8 Å². The van der Waals surface area contributed by atoms with Gasteiger partial charge in [0.05, 0.1) is 5.56 Å². The standard InChI is InChI=1S/C15H17NO4S/c1-15(2,3)20-14(19)16-7-10-8-21-12-5-4-9(13(17)18)6-11(10)12/h4-6,8H,7H2,1-3H3,(H,16,19)(H,17,18). The van der Waals surface area contributed by atoms with Gasteiger partial charge in [-0.2, -0.15) is 0 Å². The van der Waals surface area contributed by atoms with Crippen LogP contribution in [0.15, 0.2) is 23.6 Å². The first-order chi connectivity index (χ1) is 9.76. The molecule has 0 aliphatic rings.